The number of halogens is 1. The maximum absolute atomic E-state index is 14.3. The van der Waals surface area contributed by atoms with E-state index in [0.29, 0.717) is 48.9 Å². The van der Waals surface area contributed by atoms with Crippen molar-refractivity contribution in [1.82, 2.24) is 4.57 Å². The second kappa shape index (κ2) is 13.8. The SMILES string of the molecule is COc1cc(C=C2CCC(C)C3=C2N=c2sc(=Cc4ccc(Cl)cc4)c(=O)n2C3c2cc(OC)c(OC)c(OC)c2)cc(OC)c1OC. The smallest absolute Gasteiger partial charge is 0.271 e. The number of nitrogens with zero attached hydrogens (tertiary/aromatic N) is 2. The zero-order valence-corrected chi connectivity index (χ0v) is 29.5. The summed E-state index contributed by atoms with van der Waals surface area (Å²) in [7, 11) is 9.54. The molecule has 48 heavy (non-hydrogen) atoms. The molecule has 0 spiro atoms. The lowest BCUT2D eigenvalue weighted by atomic mass is 9.77. The highest BCUT2D eigenvalue weighted by atomic mass is 35.5. The molecular weight excluding hydrogens is 652 g/mol. The van der Waals surface area contributed by atoms with Gasteiger partial charge in [-0.3, -0.25) is 9.36 Å². The van der Waals surface area contributed by atoms with E-state index in [1.807, 2.05) is 54.6 Å². The van der Waals surface area contributed by atoms with Crippen molar-refractivity contribution in [3.63, 3.8) is 0 Å². The minimum absolute atomic E-state index is 0.119. The van der Waals surface area contributed by atoms with Gasteiger partial charge in [-0.15, -0.1) is 0 Å². The lowest BCUT2D eigenvalue weighted by Crippen LogP contribution is -2.40. The van der Waals surface area contributed by atoms with Gasteiger partial charge in [-0.05, 0) is 95.1 Å². The lowest BCUT2D eigenvalue weighted by molar-refractivity contribution is 0.323. The summed E-state index contributed by atoms with van der Waals surface area (Å²) in [5.74, 6) is 3.26. The first-order chi connectivity index (χ1) is 23.2. The summed E-state index contributed by atoms with van der Waals surface area (Å²) >= 11 is 7.50. The van der Waals surface area contributed by atoms with Gasteiger partial charge < -0.3 is 28.4 Å². The highest BCUT2D eigenvalue weighted by Gasteiger charge is 2.37. The molecule has 3 aromatic carbocycles. The molecule has 2 unspecified atom stereocenters. The first-order valence-corrected chi connectivity index (χ1v) is 16.6. The van der Waals surface area contributed by atoms with Gasteiger partial charge in [-0.1, -0.05) is 42.0 Å². The zero-order valence-electron chi connectivity index (χ0n) is 27.9. The van der Waals surface area contributed by atoms with Crippen LogP contribution in [0.5, 0.6) is 34.5 Å². The third-order valence-electron chi connectivity index (χ3n) is 8.75. The van der Waals surface area contributed by atoms with Crippen LogP contribution in [0.25, 0.3) is 12.2 Å². The maximum atomic E-state index is 14.3. The minimum atomic E-state index is -0.476. The van der Waals surface area contributed by atoms with Crippen molar-refractivity contribution in [2.45, 2.75) is 25.8 Å². The Balaban J connectivity index is 1.64. The summed E-state index contributed by atoms with van der Waals surface area (Å²) in [5, 5.41) is 0.629. The number of methoxy groups -OCH3 is 6. The molecule has 1 aromatic heterocycles. The second-order valence-corrected chi connectivity index (χ2v) is 12.9. The van der Waals surface area contributed by atoms with Crippen molar-refractivity contribution >= 4 is 35.1 Å². The topological polar surface area (TPSA) is 89.7 Å². The van der Waals surface area contributed by atoms with Gasteiger partial charge >= 0.3 is 0 Å². The summed E-state index contributed by atoms with van der Waals surface area (Å²) < 4.78 is 36.3. The number of fused-ring (bicyclic) bond motifs is 1. The molecular formula is C37H37ClN2O7S. The molecule has 250 valence electrons. The Morgan fingerprint density at radius 2 is 1.35 bits per heavy atom. The standard InChI is InChI=1S/C37H37ClN2O7S/c1-20-8-11-23(14-22-15-26(42-2)34(46-6)27(16-22)43-3)32-31(20)33(24-18-28(44-4)35(47-7)29(19-24)45-5)40-36(41)30(48-37(40)39-32)17-21-9-12-25(38)13-10-21/h9-10,12-20,33H,8,11H2,1-7H3. The Labute approximate surface area is 287 Å². The third kappa shape index (κ3) is 5.95. The first-order valence-electron chi connectivity index (χ1n) is 15.4. The predicted molar refractivity (Wildman–Crippen MR) is 188 cm³/mol. The van der Waals surface area contributed by atoms with Crippen molar-refractivity contribution in [2.75, 3.05) is 42.7 Å². The number of thiazole rings is 1. The number of hydrogen-bond acceptors (Lipinski definition) is 9. The summed E-state index contributed by atoms with van der Waals surface area (Å²) in [6, 6.07) is 14.6. The van der Waals surface area contributed by atoms with E-state index in [4.69, 9.17) is 45.0 Å². The van der Waals surface area contributed by atoms with Crippen LogP contribution in [-0.2, 0) is 0 Å². The van der Waals surface area contributed by atoms with Crippen molar-refractivity contribution in [3.8, 4) is 34.5 Å². The van der Waals surface area contributed by atoms with Gasteiger partial charge in [0, 0.05) is 5.02 Å². The van der Waals surface area contributed by atoms with Gasteiger partial charge in [0.15, 0.2) is 27.8 Å². The number of allylic oxidation sites excluding steroid dienone is 2. The van der Waals surface area contributed by atoms with Crippen LogP contribution in [-0.4, -0.2) is 47.2 Å². The van der Waals surface area contributed by atoms with Crippen molar-refractivity contribution < 1.29 is 28.4 Å². The first kappa shape index (κ1) is 33.2. The quantitative estimate of drug-likeness (QED) is 0.200. The van der Waals surface area contributed by atoms with E-state index < -0.39 is 6.04 Å². The summed E-state index contributed by atoms with van der Waals surface area (Å²) in [6.45, 7) is 2.19. The van der Waals surface area contributed by atoms with Gasteiger partial charge in [-0.25, -0.2) is 4.99 Å². The van der Waals surface area contributed by atoms with Crippen LogP contribution in [0.4, 0.5) is 0 Å². The van der Waals surface area contributed by atoms with Crippen LogP contribution >= 0.6 is 22.9 Å². The monoisotopic (exact) mass is 688 g/mol. The molecule has 0 radical (unpaired) electrons. The molecule has 0 bridgehead atoms. The average molecular weight is 689 g/mol. The number of aromatic nitrogens is 1. The fourth-order valence-electron chi connectivity index (χ4n) is 6.45. The van der Waals surface area contributed by atoms with Crippen LogP contribution in [0.2, 0.25) is 5.02 Å². The molecule has 2 atom stereocenters. The maximum Gasteiger partial charge on any atom is 0.271 e. The van der Waals surface area contributed by atoms with Crippen LogP contribution in [0.1, 0.15) is 42.5 Å². The van der Waals surface area contributed by atoms with E-state index >= 15 is 0 Å². The van der Waals surface area contributed by atoms with Crippen LogP contribution in [0, 0.1) is 5.92 Å². The summed E-state index contributed by atoms with van der Waals surface area (Å²) in [4.78, 5) is 20.2. The van der Waals surface area contributed by atoms with Crippen LogP contribution in [0.15, 0.2) is 75.2 Å². The molecule has 11 heteroatoms. The van der Waals surface area contributed by atoms with Crippen molar-refractivity contribution in [2.24, 2.45) is 10.9 Å². The normalized spacial score (nSPS) is 18.2. The summed E-state index contributed by atoms with van der Waals surface area (Å²) in [5.41, 5.74) is 5.39. The number of benzene rings is 3. The molecule has 9 nitrogen and oxygen atoms in total. The average Bonchev–Trinajstić information content (AvgIpc) is 3.42. The van der Waals surface area contributed by atoms with Crippen molar-refractivity contribution in [3.05, 3.63) is 107 Å². The zero-order chi connectivity index (χ0) is 34.1. The number of rotatable bonds is 9. The highest BCUT2D eigenvalue weighted by molar-refractivity contribution is 7.07. The Kier molecular flexibility index (Phi) is 9.57. The second-order valence-electron chi connectivity index (χ2n) is 11.5. The van der Waals surface area contributed by atoms with E-state index in [2.05, 4.69) is 13.0 Å². The van der Waals surface area contributed by atoms with Crippen LogP contribution in [0.3, 0.4) is 0 Å². The number of hydrogen-bond donors (Lipinski definition) is 0. The molecule has 6 rings (SSSR count). The molecule has 2 heterocycles. The molecule has 4 aromatic rings. The Morgan fingerprint density at radius 3 is 1.90 bits per heavy atom. The van der Waals surface area contributed by atoms with Gasteiger partial charge in [0.25, 0.3) is 5.56 Å². The molecule has 1 aliphatic heterocycles. The van der Waals surface area contributed by atoms with E-state index in [1.165, 1.54) is 11.3 Å². The highest BCUT2D eigenvalue weighted by Crippen LogP contribution is 2.48. The van der Waals surface area contributed by atoms with E-state index in [-0.39, 0.29) is 11.5 Å². The Bertz CT molecular complexity index is 2060. The third-order valence-corrected chi connectivity index (χ3v) is 9.99. The lowest BCUT2D eigenvalue weighted by Gasteiger charge is -2.35. The molecule has 2 aliphatic rings. The van der Waals surface area contributed by atoms with Crippen molar-refractivity contribution in [1.29, 1.82) is 0 Å². The Hall–Kier alpha value is -4.67. The summed E-state index contributed by atoms with van der Waals surface area (Å²) in [6.07, 6.45) is 5.65. The molecule has 1 aliphatic carbocycles. The largest absolute Gasteiger partial charge is 0.493 e. The fourth-order valence-corrected chi connectivity index (χ4v) is 7.58. The number of ether oxygens (including phenoxy) is 6. The molecule has 0 saturated carbocycles. The van der Waals surface area contributed by atoms with Crippen LogP contribution < -0.4 is 43.3 Å². The van der Waals surface area contributed by atoms with Gasteiger partial charge in [0.1, 0.15) is 0 Å². The fraction of sp³-hybridized carbons (Fsp3) is 0.297. The van der Waals surface area contributed by atoms with Gasteiger partial charge in [0.05, 0.1) is 58.9 Å². The minimum Gasteiger partial charge on any atom is -0.493 e. The van der Waals surface area contributed by atoms with Gasteiger partial charge in [-0.2, -0.15) is 0 Å². The predicted octanol–water partition coefficient (Wildman–Crippen LogP) is 6.43. The molecule has 0 fully saturated rings. The molecule has 0 saturated heterocycles. The Morgan fingerprint density at radius 1 is 0.792 bits per heavy atom. The van der Waals surface area contributed by atoms with E-state index in [9.17, 15) is 4.79 Å². The van der Waals surface area contributed by atoms with E-state index in [1.54, 1.807) is 47.2 Å². The molecule has 0 amide bonds. The van der Waals surface area contributed by atoms with E-state index in [0.717, 1.165) is 46.4 Å². The van der Waals surface area contributed by atoms with Gasteiger partial charge in [0.2, 0.25) is 11.5 Å². The molecule has 0 N–H and O–H groups in total.